The monoisotopic (exact) mass is 313 g/mol. The van der Waals surface area contributed by atoms with Gasteiger partial charge >= 0.3 is 0 Å². The maximum Gasteiger partial charge on any atom is 0.262 e. The van der Waals surface area contributed by atoms with Crippen LogP contribution in [0.3, 0.4) is 0 Å². The third-order valence-corrected chi connectivity index (χ3v) is 3.08. The van der Waals surface area contributed by atoms with Crippen molar-refractivity contribution in [3.05, 3.63) is 47.4 Å². The molecule has 0 bridgehead atoms. The number of carbonyl (C=O) groups excluding carboxylic acids is 1. The van der Waals surface area contributed by atoms with Gasteiger partial charge in [-0.3, -0.25) is 9.78 Å². The topological polar surface area (TPSA) is 39.2 Å². The van der Waals surface area contributed by atoms with Crippen LogP contribution in [0.25, 0.3) is 11.3 Å². The fraction of sp³-hybridized carbons (Fsp3) is 0.143. The van der Waals surface area contributed by atoms with Crippen molar-refractivity contribution in [3.63, 3.8) is 0 Å². The second-order valence-corrected chi connectivity index (χ2v) is 4.88. The molecule has 1 aromatic carbocycles. The Bertz CT molecular complexity index is 632. The molecule has 0 aliphatic heterocycles. The Kier molecular flexibility index (Phi) is 4.57. The molecule has 0 N–H and O–H groups in total. The van der Waals surface area contributed by atoms with Crippen LogP contribution in [0.2, 0.25) is 5.02 Å². The highest BCUT2D eigenvalue weighted by Crippen LogP contribution is 2.25. The summed E-state index contributed by atoms with van der Waals surface area (Å²) in [4.78, 5) is 14.8. The summed E-state index contributed by atoms with van der Waals surface area (Å²) < 4.78 is 19.0. The molecule has 0 radical (unpaired) electrons. The lowest BCUT2D eigenvalue weighted by Crippen LogP contribution is -2.18. The number of halogens is 3. The minimum Gasteiger partial charge on any atom is -0.482 e. The van der Waals surface area contributed by atoms with Crippen molar-refractivity contribution in [1.29, 1.82) is 0 Å². The fourth-order valence-electron chi connectivity index (χ4n) is 1.57. The molecule has 0 amide bonds. The number of benzene rings is 1. The fourth-order valence-corrected chi connectivity index (χ4v) is 1.76. The molecular formula is C14H10Cl2FNO2. The zero-order valence-electron chi connectivity index (χ0n) is 10.4. The van der Waals surface area contributed by atoms with Crippen LogP contribution in [0.15, 0.2) is 36.5 Å². The molecule has 20 heavy (non-hydrogen) atoms. The Morgan fingerprint density at radius 1 is 1.35 bits per heavy atom. The van der Waals surface area contributed by atoms with E-state index >= 15 is 0 Å². The summed E-state index contributed by atoms with van der Waals surface area (Å²) in [6.45, 7) is 1.55. The standard InChI is InChI=1S/C14H10Cl2FNO2/c1-8(14(16)19)20-11-4-2-9(3-5-11)13-12(17)6-10(15)7-18-13/h2-8H,1H3/t8-/m1/s1. The van der Waals surface area contributed by atoms with Gasteiger partial charge in [-0.1, -0.05) is 11.6 Å². The van der Waals surface area contributed by atoms with Crippen molar-refractivity contribution in [1.82, 2.24) is 4.98 Å². The number of ether oxygens (including phenoxy) is 1. The third-order valence-electron chi connectivity index (χ3n) is 2.57. The van der Waals surface area contributed by atoms with Crippen molar-refractivity contribution >= 4 is 28.4 Å². The van der Waals surface area contributed by atoms with Crippen LogP contribution in [-0.4, -0.2) is 16.3 Å². The molecule has 1 atom stereocenters. The minimum atomic E-state index is -0.743. The molecule has 0 saturated carbocycles. The average Bonchev–Trinajstić information content (AvgIpc) is 2.40. The summed E-state index contributed by atoms with van der Waals surface area (Å²) in [5.41, 5.74) is 0.777. The van der Waals surface area contributed by atoms with Crippen LogP contribution < -0.4 is 4.74 Å². The first kappa shape index (κ1) is 14.8. The molecule has 0 fully saturated rings. The Labute approximate surface area is 125 Å². The summed E-state index contributed by atoms with van der Waals surface area (Å²) in [6, 6.07) is 7.70. The van der Waals surface area contributed by atoms with Gasteiger partial charge < -0.3 is 4.74 Å². The number of hydrogen-bond donors (Lipinski definition) is 0. The van der Waals surface area contributed by atoms with E-state index in [4.69, 9.17) is 27.9 Å². The number of carbonyl (C=O) groups is 1. The number of aromatic nitrogens is 1. The maximum atomic E-state index is 13.7. The molecule has 3 nitrogen and oxygen atoms in total. The van der Waals surface area contributed by atoms with E-state index in [0.717, 1.165) is 0 Å². The zero-order chi connectivity index (χ0) is 14.7. The Balaban J connectivity index is 2.21. The van der Waals surface area contributed by atoms with E-state index in [-0.39, 0.29) is 10.7 Å². The van der Waals surface area contributed by atoms with Gasteiger partial charge in [-0.05, 0) is 48.9 Å². The van der Waals surface area contributed by atoms with Crippen LogP contribution in [0.5, 0.6) is 5.75 Å². The molecule has 0 aliphatic carbocycles. The molecule has 0 aliphatic rings. The molecule has 0 unspecified atom stereocenters. The van der Waals surface area contributed by atoms with Crippen molar-refractivity contribution < 1.29 is 13.9 Å². The van der Waals surface area contributed by atoms with Crippen molar-refractivity contribution in [2.75, 3.05) is 0 Å². The molecule has 2 rings (SSSR count). The summed E-state index contributed by atoms with van der Waals surface area (Å²) in [5.74, 6) is -0.0416. The molecule has 1 heterocycles. The van der Waals surface area contributed by atoms with Gasteiger partial charge in [-0.15, -0.1) is 0 Å². The van der Waals surface area contributed by atoms with Gasteiger partial charge in [0, 0.05) is 11.8 Å². The first-order valence-corrected chi connectivity index (χ1v) is 6.50. The van der Waals surface area contributed by atoms with Gasteiger partial charge in [0.1, 0.15) is 11.4 Å². The molecule has 0 saturated heterocycles. The second kappa shape index (κ2) is 6.20. The lowest BCUT2D eigenvalue weighted by molar-refractivity contribution is -0.117. The van der Waals surface area contributed by atoms with Crippen LogP contribution >= 0.6 is 23.2 Å². The molecule has 1 aromatic heterocycles. The van der Waals surface area contributed by atoms with E-state index in [0.29, 0.717) is 11.3 Å². The first-order chi connectivity index (χ1) is 9.47. The van der Waals surface area contributed by atoms with Gasteiger partial charge in [-0.2, -0.15) is 0 Å². The Hall–Kier alpha value is -1.65. The van der Waals surface area contributed by atoms with E-state index in [1.165, 1.54) is 12.3 Å². The van der Waals surface area contributed by atoms with E-state index in [1.54, 1.807) is 31.2 Å². The summed E-state index contributed by atoms with van der Waals surface area (Å²) in [7, 11) is 0. The molecule has 2 aromatic rings. The number of nitrogens with zero attached hydrogens (tertiary/aromatic N) is 1. The van der Waals surface area contributed by atoms with Crippen LogP contribution in [0.4, 0.5) is 4.39 Å². The minimum absolute atomic E-state index is 0.197. The number of pyridine rings is 1. The Morgan fingerprint density at radius 3 is 2.55 bits per heavy atom. The van der Waals surface area contributed by atoms with Gasteiger partial charge in [0.25, 0.3) is 5.24 Å². The summed E-state index contributed by atoms with van der Waals surface area (Å²) >= 11 is 11.0. The van der Waals surface area contributed by atoms with E-state index in [2.05, 4.69) is 4.98 Å². The maximum absolute atomic E-state index is 13.7. The van der Waals surface area contributed by atoms with Crippen LogP contribution in [-0.2, 0) is 4.79 Å². The largest absolute Gasteiger partial charge is 0.482 e. The smallest absolute Gasteiger partial charge is 0.262 e. The third kappa shape index (κ3) is 3.46. The molecule has 6 heteroatoms. The lowest BCUT2D eigenvalue weighted by atomic mass is 10.1. The zero-order valence-corrected chi connectivity index (χ0v) is 12.0. The van der Waals surface area contributed by atoms with Crippen LogP contribution in [0.1, 0.15) is 6.92 Å². The predicted molar refractivity (Wildman–Crippen MR) is 75.6 cm³/mol. The van der Waals surface area contributed by atoms with Crippen molar-refractivity contribution in [2.45, 2.75) is 13.0 Å². The lowest BCUT2D eigenvalue weighted by Gasteiger charge is -2.11. The highest BCUT2D eigenvalue weighted by atomic mass is 35.5. The highest BCUT2D eigenvalue weighted by molar-refractivity contribution is 6.64. The van der Waals surface area contributed by atoms with E-state index in [1.807, 2.05) is 0 Å². The summed E-state index contributed by atoms with van der Waals surface area (Å²) in [5, 5.41) is -0.347. The summed E-state index contributed by atoms with van der Waals surface area (Å²) in [6.07, 6.45) is 0.631. The van der Waals surface area contributed by atoms with Crippen LogP contribution in [0, 0.1) is 5.82 Å². The second-order valence-electron chi connectivity index (χ2n) is 4.07. The van der Waals surface area contributed by atoms with Crippen molar-refractivity contribution in [3.8, 4) is 17.0 Å². The van der Waals surface area contributed by atoms with Crippen molar-refractivity contribution in [2.24, 2.45) is 0 Å². The van der Waals surface area contributed by atoms with Gasteiger partial charge in [0.05, 0.1) is 5.02 Å². The average molecular weight is 314 g/mol. The van der Waals surface area contributed by atoms with E-state index < -0.39 is 17.2 Å². The van der Waals surface area contributed by atoms with Gasteiger partial charge in [0.2, 0.25) is 0 Å². The molecule has 0 spiro atoms. The van der Waals surface area contributed by atoms with Gasteiger partial charge in [-0.25, -0.2) is 4.39 Å². The predicted octanol–water partition coefficient (Wildman–Crippen LogP) is 4.07. The molecule has 104 valence electrons. The highest BCUT2D eigenvalue weighted by Gasteiger charge is 2.12. The molecular weight excluding hydrogens is 304 g/mol. The number of rotatable bonds is 4. The SMILES string of the molecule is C[C@@H](Oc1ccc(-c2ncc(Cl)cc2F)cc1)C(=O)Cl. The number of hydrogen-bond acceptors (Lipinski definition) is 3. The normalized spacial score (nSPS) is 12.0. The Morgan fingerprint density at radius 2 is 2.00 bits per heavy atom. The quantitative estimate of drug-likeness (QED) is 0.799. The first-order valence-electron chi connectivity index (χ1n) is 5.75. The van der Waals surface area contributed by atoms with E-state index in [9.17, 15) is 9.18 Å². The van der Waals surface area contributed by atoms with Gasteiger partial charge in [0.15, 0.2) is 11.9 Å².